The molecule has 1 aromatic carbocycles. The number of hydrogen-bond acceptors (Lipinski definition) is 4. The van der Waals surface area contributed by atoms with Gasteiger partial charge in [0.05, 0.1) is 17.1 Å². The quantitative estimate of drug-likeness (QED) is 0.912. The number of fused-ring (bicyclic) bond motifs is 1. The van der Waals surface area contributed by atoms with E-state index in [1.807, 2.05) is 4.90 Å². The van der Waals surface area contributed by atoms with Crippen LogP contribution < -0.4 is 10.6 Å². The molecular weight excluding hydrogens is 316 g/mol. The van der Waals surface area contributed by atoms with Gasteiger partial charge in [0, 0.05) is 27.2 Å². The van der Waals surface area contributed by atoms with Gasteiger partial charge in [-0.1, -0.05) is 0 Å². The van der Waals surface area contributed by atoms with Crippen LogP contribution in [0.3, 0.4) is 0 Å². The Kier molecular flexibility index (Phi) is 4.40. The van der Waals surface area contributed by atoms with Crippen molar-refractivity contribution >= 4 is 22.9 Å². The van der Waals surface area contributed by atoms with Gasteiger partial charge in [-0.3, -0.25) is 4.79 Å². The van der Waals surface area contributed by atoms with Crippen LogP contribution in [0.1, 0.15) is 6.42 Å². The molecule has 6 nitrogen and oxygen atoms in total. The van der Waals surface area contributed by atoms with Gasteiger partial charge in [0.15, 0.2) is 0 Å². The molecule has 0 unspecified atom stereocenters. The lowest BCUT2D eigenvalue weighted by Crippen LogP contribution is -2.50. The zero-order chi connectivity index (χ0) is 17.4. The molecule has 0 spiro atoms. The number of carbonyl (C=O) groups excluding carboxylic acids is 1. The van der Waals surface area contributed by atoms with Crippen molar-refractivity contribution in [3.8, 4) is 0 Å². The highest BCUT2D eigenvalue weighted by Crippen LogP contribution is 2.26. The van der Waals surface area contributed by atoms with Gasteiger partial charge in [-0.2, -0.15) is 0 Å². The fourth-order valence-electron chi connectivity index (χ4n) is 2.89. The van der Waals surface area contributed by atoms with Crippen molar-refractivity contribution in [2.45, 2.75) is 25.2 Å². The molecule has 2 heterocycles. The first-order valence-corrected chi connectivity index (χ1v) is 7.87. The van der Waals surface area contributed by atoms with Crippen LogP contribution in [0.15, 0.2) is 18.2 Å². The third-order valence-corrected chi connectivity index (χ3v) is 4.34. The van der Waals surface area contributed by atoms with Crippen LogP contribution >= 0.6 is 0 Å². The molecule has 2 aromatic rings. The predicted molar refractivity (Wildman–Crippen MR) is 88.1 cm³/mol. The summed E-state index contributed by atoms with van der Waals surface area (Å²) in [6.07, 6.45) is -0.736. The smallest absolute Gasteiger partial charge is 0.242 e. The molecular formula is C16H21F2N5O. The van der Waals surface area contributed by atoms with Crippen LogP contribution in [0.25, 0.3) is 11.0 Å². The molecule has 0 bridgehead atoms. The number of nitrogens with zero attached hydrogens (tertiary/aromatic N) is 4. The summed E-state index contributed by atoms with van der Waals surface area (Å²) < 4.78 is 29.0. The van der Waals surface area contributed by atoms with E-state index in [4.69, 9.17) is 5.73 Å². The average Bonchev–Trinajstić information content (AvgIpc) is 2.88. The molecule has 1 saturated heterocycles. The second kappa shape index (κ2) is 6.35. The lowest BCUT2D eigenvalue weighted by molar-refractivity contribution is -0.129. The summed E-state index contributed by atoms with van der Waals surface area (Å²) >= 11 is 0. The van der Waals surface area contributed by atoms with E-state index in [1.54, 1.807) is 24.7 Å². The summed E-state index contributed by atoms with van der Waals surface area (Å²) in [5.41, 5.74) is 6.96. The van der Waals surface area contributed by atoms with Gasteiger partial charge in [0.1, 0.15) is 18.5 Å². The Bertz CT molecular complexity index is 760. The Labute approximate surface area is 138 Å². The van der Waals surface area contributed by atoms with Gasteiger partial charge in [0.25, 0.3) is 0 Å². The Morgan fingerprint density at radius 2 is 2.21 bits per heavy atom. The maximum absolute atomic E-state index is 13.7. The number of hydrogen-bond donors (Lipinski definition) is 1. The first kappa shape index (κ1) is 16.6. The summed E-state index contributed by atoms with van der Waals surface area (Å²) in [6, 6.07) is 3.66. The number of nitrogens with two attached hydrogens (primary N) is 1. The number of carbonyl (C=O) groups is 1. The van der Waals surface area contributed by atoms with Crippen molar-refractivity contribution < 1.29 is 13.6 Å². The number of piperidine rings is 1. The molecule has 130 valence electrons. The first-order chi connectivity index (χ1) is 11.4. The van der Waals surface area contributed by atoms with Crippen molar-refractivity contribution in [2.75, 3.05) is 32.1 Å². The zero-order valence-corrected chi connectivity index (χ0v) is 13.7. The summed E-state index contributed by atoms with van der Waals surface area (Å²) in [5.74, 6) is -0.00990. The van der Waals surface area contributed by atoms with Gasteiger partial charge in [-0.25, -0.2) is 13.8 Å². The molecule has 1 amide bonds. The Morgan fingerprint density at radius 3 is 2.88 bits per heavy atom. The fourth-order valence-corrected chi connectivity index (χ4v) is 2.89. The molecule has 24 heavy (non-hydrogen) atoms. The monoisotopic (exact) mass is 337 g/mol. The third kappa shape index (κ3) is 3.06. The fraction of sp³-hybridized carbons (Fsp3) is 0.500. The van der Waals surface area contributed by atoms with Crippen LogP contribution in [0.5, 0.6) is 0 Å². The molecule has 2 atom stereocenters. The van der Waals surface area contributed by atoms with Crippen molar-refractivity contribution in [3.63, 3.8) is 0 Å². The first-order valence-electron chi connectivity index (χ1n) is 7.87. The molecule has 8 heteroatoms. The highest BCUT2D eigenvalue weighted by molar-refractivity contribution is 5.83. The lowest BCUT2D eigenvalue weighted by Gasteiger charge is -2.34. The van der Waals surface area contributed by atoms with Crippen LogP contribution in [0.2, 0.25) is 0 Å². The third-order valence-electron chi connectivity index (χ3n) is 4.34. The second-order valence-electron chi connectivity index (χ2n) is 6.33. The van der Waals surface area contributed by atoms with Crippen molar-refractivity contribution in [1.29, 1.82) is 0 Å². The number of likely N-dealkylation sites (N-methyl/N-ethyl adjacent to an activating group) is 1. The van der Waals surface area contributed by atoms with Crippen LogP contribution in [-0.2, 0) is 11.3 Å². The number of halogens is 2. The van der Waals surface area contributed by atoms with E-state index in [0.717, 1.165) is 0 Å². The Hall–Kier alpha value is -2.22. The van der Waals surface area contributed by atoms with Gasteiger partial charge in [-0.15, -0.1) is 0 Å². The molecule has 1 aromatic heterocycles. The average molecular weight is 337 g/mol. The van der Waals surface area contributed by atoms with Crippen LogP contribution in [0, 0.1) is 5.82 Å². The minimum Gasteiger partial charge on any atom is -0.347 e. The maximum Gasteiger partial charge on any atom is 0.242 e. The number of benzene rings is 1. The topological polar surface area (TPSA) is 67.4 Å². The van der Waals surface area contributed by atoms with E-state index in [2.05, 4.69) is 4.98 Å². The minimum atomic E-state index is -1.04. The van der Waals surface area contributed by atoms with Crippen molar-refractivity contribution in [2.24, 2.45) is 5.73 Å². The predicted octanol–water partition coefficient (Wildman–Crippen LogP) is 1.14. The van der Waals surface area contributed by atoms with Gasteiger partial charge < -0.3 is 20.1 Å². The maximum atomic E-state index is 13.7. The van der Waals surface area contributed by atoms with Crippen LogP contribution in [0.4, 0.5) is 14.7 Å². The SMILES string of the molecule is CN(C)C(=O)Cn1c(N2CC[C@@H](F)[C@H](N)C2)nc2ccc(F)cc21. The molecule has 1 fully saturated rings. The van der Waals surface area contributed by atoms with Gasteiger partial charge >= 0.3 is 0 Å². The lowest BCUT2D eigenvalue weighted by atomic mass is 10.1. The Balaban J connectivity index is 2.04. The van der Waals surface area contributed by atoms with Crippen molar-refractivity contribution in [1.82, 2.24) is 14.5 Å². The van der Waals surface area contributed by atoms with Crippen LogP contribution in [-0.4, -0.2) is 59.8 Å². The van der Waals surface area contributed by atoms with Crippen molar-refractivity contribution in [3.05, 3.63) is 24.0 Å². The van der Waals surface area contributed by atoms with E-state index in [9.17, 15) is 13.6 Å². The minimum absolute atomic E-state index is 0.0348. The number of amides is 1. The second-order valence-corrected chi connectivity index (χ2v) is 6.33. The molecule has 0 saturated carbocycles. The van der Waals surface area contributed by atoms with E-state index in [-0.39, 0.29) is 12.5 Å². The van der Waals surface area contributed by atoms with E-state index >= 15 is 0 Å². The summed E-state index contributed by atoms with van der Waals surface area (Å²) in [6.45, 7) is 0.799. The summed E-state index contributed by atoms with van der Waals surface area (Å²) in [5, 5.41) is 0. The highest BCUT2D eigenvalue weighted by Gasteiger charge is 2.29. The zero-order valence-electron chi connectivity index (χ0n) is 13.7. The van der Waals surface area contributed by atoms with Gasteiger partial charge in [0.2, 0.25) is 11.9 Å². The standard InChI is InChI=1S/C16H21F2N5O/c1-21(2)15(24)9-23-14-7-10(17)3-4-13(14)20-16(23)22-6-5-11(18)12(19)8-22/h3-4,7,11-12H,5-6,8-9,19H2,1-2H3/t11-,12-/m1/s1. The highest BCUT2D eigenvalue weighted by atomic mass is 19.1. The number of alkyl halides is 1. The molecule has 2 N–H and O–H groups in total. The van der Waals surface area contributed by atoms with E-state index in [0.29, 0.717) is 36.5 Å². The van der Waals surface area contributed by atoms with Gasteiger partial charge in [-0.05, 0) is 24.6 Å². The number of anilines is 1. The summed E-state index contributed by atoms with van der Waals surface area (Å²) in [7, 11) is 3.32. The summed E-state index contributed by atoms with van der Waals surface area (Å²) in [4.78, 5) is 20.0. The number of rotatable bonds is 3. The molecule has 1 aliphatic heterocycles. The molecule has 3 rings (SSSR count). The Morgan fingerprint density at radius 1 is 1.46 bits per heavy atom. The van der Waals surface area contributed by atoms with E-state index in [1.165, 1.54) is 17.0 Å². The normalized spacial score (nSPS) is 21.3. The number of imidazole rings is 1. The largest absolute Gasteiger partial charge is 0.347 e. The molecule has 0 radical (unpaired) electrons. The molecule has 1 aliphatic rings. The molecule has 0 aliphatic carbocycles. The number of aromatic nitrogens is 2. The van der Waals surface area contributed by atoms with E-state index < -0.39 is 18.0 Å².